The number of aryl methyl sites for hydroxylation is 1. The number of carbonyl (C=O) groups is 1. The number of amides is 1. The average Bonchev–Trinajstić information content (AvgIpc) is 2.56. The minimum atomic E-state index is -0.143. The minimum Gasteiger partial charge on any atom is -0.309 e. The second-order valence-corrected chi connectivity index (χ2v) is 5.80. The zero-order valence-electron chi connectivity index (χ0n) is 13.1. The number of hydrogen-bond acceptors (Lipinski definition) is 2. The van der Waals surface area contributed by atoms with Gasteiger partial charge in [-0.05, 0) is 50.1 Å². The van der Waals surface area contributed by atoms with E-state index in [1.807, 2.05) is 42.3 Å². The van der Waals surface area contributed by atoms with Crippen LogP contribution in [-0.2, 0) is 11.2 Å². The lowest BCUT2D eigenvalue weighted by molar-refractivity contribution is -0.121. The highest BCUT2D eigenvalue weighted by atomic mass is 16.2. The van der Waals surface area contributed by atoms with Gasteiger partial charge in [-0.25, -0.2) is 0 Å². The molecule has 22 heavy (non-hydrogen) atoms. The Morgan fingerprint density at radius 2 is 1.73 bits per heavy atom. The number of benzene rings is 2. The first-order valence-electron chi connectivity index (χ1n) is 7.85. The molecule has 1 amide bonds. The van der Waals surface area contributed by atoms with Crippen LogP contribution in [0.3, 0.4) is 0 Å². The van der Waals surface area contributed by atoms with E-state index in [9.17, 15) is 4.79 Å². The normalized spacial score (nSPS) is 21.9. The number of likely N-dealkylation sites (N-methyl/N-ethyl adjacent to an activating group) is 1. The Morgan fingerprint density at radius 3 is 2.45 bits per heavy atom. The molecule has 0 saturated carbocycles. The summed E-state index contributed by atoms with van der Waals surface area (Å²) in [5, 5.41) is 3.18. The van der Waals surface area contributed by atoms with Crippen molar-refractivity contribution in [2.45, 2.75) is 31.8 Å². The van der Waals surface area contributed by atoms with Crippen LogP contribution in [0.5, 0.6) is 0 Å². The van der Waals surface area contributed by atoms with Crippen LogP contribution in [0.25, 0.3) is 0 Å². The number of nitrogens with zero attached hydrogens (tertiary/aromatic N) is 1. The van der Waals surface area contributed by atoms with Crippen molar-refractivity contribution in [3.05, 3.63) is 65.7 Å². The number of rotatable bonds is 2. The molecule has 114 valence electrons. The van der Waals surface area contributed by atoms with Gasteiger partial charge in [0.2, 0.25) is 5.91 Å². The maximum atomic E-state index is 13.0. The van der Waals surface area contributed by atoms with Crippen molar-refractivity contribution in [1.29, 1.82) is 0 Å². The first-order chi connectivity index (χ1) is 10.7. The van der Waals surface area contributed by atoms with E-state index >= 15 is 0 Å². The number of hydrogen-bond donors (Lipinski definition) is 1. The molecule has 0 spiro atoms. The Bertz CT molecular complexity index is 653. The first-order valence-corrected chi connectivity index (χ1v) is 7.85. The number of anilines is 1. The molecule has 3 rings (SSSR count). The summed E-state index contributed by atoms with van der Waals surface area (Å²) in [6.45, 7) is 2.11. The summed E-state index contributed by atoms with van der Waals surface area (Å²) in [4.78, 5) is 14.9. The van der Waals surface area contributed by atoms with Crippen molar-refractivity contribution in [3.63, 3.8) is 0 Å². The van der Waals surface area contributed by atoms with E-state index in [0.717, 1.165) is 18.5 Å². The summed E-state index contributed by atoms with van der Waals surface area (Å²) >= 11 is 0. The van der Waals surface area contributed by atoms with E-state index in [1.54, 1.807) is 0 Å². The summed E-state index contributed by atoms with van der Waals surface area (Å²) in [6.07, 6.45) is 1.75. The standard InChI is InChI=1S/C19H22N2O/c1-14-17-11-7-6-8-15(17)12-13-18(20-2)19(22)21(14)16-9-4-3-5-10-16/h3-11,14,18,20H,12-13H2,1-2H3. The van der Waals surface area contributed by atoms with E-state index in [0.29, 0.717) is 0 Å². The van der Waals surface area contributed by atoms with Crippen LogP contribution >= 0.6 is 0 Å². The quantitative estimate of drug-likeness (QED) is 0.921. The van der Waals surface area contributed by atoms with Gasteiger partial charge < -0.3 is 10.2 Å². The molecule has 0 saturated heterocycles. The summed E-state index contributed by atoms with van der Waals surface area (Å²) in [5.41, 5.74) is 3.54. The summed E-state index contributed by atoms with van der Waals surface area (Å²) < 4.78 is 0. The van der Waals surface area contributed by atoms with Gasteiger partial charge in [-0.2, -0.15) is 0 Å². The molecular weight excluding hydrogens is 272 g/mol. The van der Waals surface area contributed by atoms with Gasteiger partial charge in [0.05, 0.1) is 12.1 Å². The molecule has 2 unspecified atom stereocenters. The van der Waals surface area contributed by atoms with Crippen LogP contribution in [0.4, 0.5) is 5.69 Å². The van der Waals surface area contributed by atoms with Crippen LogP contribution in [0.2, 0.25) is 0 Å². The molecular formula is C19H22N2O. The third kappa shape index (κ3) is 2.64. The van der Waals surface area contributed by atoms with Gasteiger partial charge in [0.1, 0.15) is 0 Å². The maximum Gasteiger partial charge on any atom is 0.244 e. The summed E-state index contributed by atoms with van der Waals surface area (Å²) in [6, 6.07) is 18.3. The zero-order chi connectivity index (χ0) is 15.5. The van der Waals surface area contributed by atoms with Crippen LogP contribution in [0, 0.1) is 0 Å². The number of carbonyl (C=O) groups excluding carboxylic acids is 1. The SMILES string of the molecule is CNC1CCc2ccccc2C(C)N(c2ccccc2)C1=O. The monoisotopic (exact) mass is 294 g/mol. The van der Waals surface area contributed by atoms with E-state index in [4.69, 9.17) is 0 Å². The largest absolute Gasteiger partial charge is 0.309 e. The topological polar surface area (TPSA) is 32.3 Å². The Labute approximate surface area is 132 Å². The Kier molecular flexibility index (Phi) is 4.25. The van der Waals surface area contributed by atoms with Crippen molar-refractivity contribution in [1.82, 2.24) is 5.32 Å². The van der Waals surface area contributed by atoms with E-state index < -0.39 is 0 Å². The second kappa shape index (κ2) is 6.32. The molecule has 2 atom stereocenters. The van der Waals surface area contributed by atoms with Crippen molar-refractivity contribution in [3.8, 4) is 0 Å². The van der Waals surface area contributed by atoms with Crippen molar-refractivity contribution >= 4 is 11.6 Å². The third-order valence-corrected chi connectivity index (χ3v) is 4.51. The molecule has 3 heteroatoms. The fraction of sp³-hybridized carbons (Fsp3) is 0.316. The van der Waals surface area contributed by atoms with Crippen LogP contribution in [0.1, 0.15) is 30.5 Å². The molecule has 1 heterocycles. The zero-order valence-corrected chi connectivity index (χ0v) is 13.1. The molecule has 0 fully saturated rings. The molecule has 0 aliphatic carbocycles. The van der Waals surface area contributed by atoms with E-state index in [-0.39, 0.29) is 18.0 Å². The van der Waals surface area contributed by atoms with Crippen LogP contribution < -0.4 is 10.2 Å². The molecule has 2 aromatic carbocycles. The highest BCUT2D eigenvalue weighted by Crippen LogP contribution is 2.32. The average molecular weight is 294 g/mol. The predicted octanol–water partition coefficient (Wildman–Crippen LogP) is 3.32. The first kappa shape index (κ1) is 14.8. The van der Waals surface area contributed by atoms with Gasteiger partial charge in [-0.1, -0.05) is 42.5 Å². The predicted molar refractivity (Wildman–Crippen MR) is 90.0 cm³/mol. The molecule has 0 aromatic heterocycles. The molecule has 1 aliphatic heterocycles. The van der Waals surface area contributed by atoms with Gasteiger partial charge in [-0.15, -0.1) is 0 Å². The molecule has 2 aromatic rings. The van der Waals surface area contributed by atoms with Gasteiger partial charge in [-0.3, -0.25) is 4.79 Å². The smallest absolute Gasteiger partial charge is 0.244 e. The van der Waals surface area contributed by atoms with Crippen molar-refractivity contribution < 1.29 is 4.79 Å². The van der Waals surface area contributed by atoms with Crippen LogP contribution in [-0.4, -0.2) is 19.0 Å². The minimum absolute atomic E-state index is 0.0299. The highest BCUT2D eigenvalue weighted by Gasteiger charge is 2.31. The Hall–Kier alpha value is -2.13. The number of nitrogens with one attached hydrogen (secondary N) is 1. The number of fused-ring (bicyclic) bond motifs is 1. The van der Waals surface area contributed by atoms with E-state index in [1.165, 1.54) is 11.1 Å². The lowest BCUT2D eigenvalue weighted by Gasteiger charge is -2.36. The van der Waals surface area contributed by atoms with Gasteiger partial charge in [0, 0.05) is 5.69 Å². The van der Waals surface area contributed by atoms with Crippen molar-refractivity contribution in [2.24, 2.45) is 0 Å². The molecule has 0 bridgehead atoms. The molecule has 3 nitrogen and oxygen atoms in total. The van der Waals surface area contributed by atoms with Gasteiger partial charge >= 0.3 is 0 Å². The number of para-hydroxylation sites is 1. The van der Waals surface area contributed by atoms with Crippen LogP contribution in [0.15, 0.2) is 54.6 Å². The molecule has 1 aliphatic rings. The lowest BCUT2D eigenvalue weighted by Crippen LogP contribution is -2.48. The van der Waals surface area contributed by atoms with E-state index in [2.05, 4.69) is 36.5 Å². The Balaban J connectivity index is 2.10. The molecule has 0 radical (unpaired) electrons. The highest BCUT2D eigenvalue weighted by molar-refractivity contribution is 5.98. The third-order valence-electron chi connectivity index (χ3n) is 4.51. The second-order valence-electron chi connectivity index (χ2n) is 5.80. The van der Waals surface area contributed by atoms with Crippen molar-refractivity contribution in [2.75, 3.05) is 11.9 Å². The summed E-state index contributed by atoms with van der Waals surface area (Å²) in [5.74, 6) is 0.149. The Morgan fingerprint density at radius 1 is 1.05 bits per heavy atom. The summed E-state index contributed by atoms with van der Waals surface area (Å²) in [7, 11) is 1.86. The van der Waals surface area contributed by atoms with Gasteiger partial charge in [0.15, 0.2) is 0 Å². The fourth-order valence-corrected chi connectivity index (χ4v) is 3.30. The van der Waals surface area contributed by atoms with Gasteiger partial charge in [0.25, 0.3) is 0 Å². The maximum absolute atomic E-state index is 13.0. The lowest BCUT2D eigenvalue weighted by atomic mass is 9.91. The molecule has 1 N–H and O–H groups in total. The fourth-order valence-electron chi connectivity index (χ4n) is 3.30.